The molecule has 0 bridgehead atoms. The van der Waals surface area contributed by atoms with Crippen molar-refractivity contribution in [2.45, 2.75) is 0 Å². The molecule has 0 atom stereocenters. The van der Waals surface area contributed by atoms with Crippen LogP contribution in [0.1, 0.15) is 0 Å². The van der Waals surface area contributed by atoms with Crippen LogP contribution < -0.4 is 0 Å². The average molecular weight is 269 g/mol. The summed E-state index contributed by atoms with van der Waals surface area (Å²) in [5, 5.41) is 14.9. The summed E-state index contributed by atoms with van der Waals surface area (Å²) in [6, 6.07) is 0. The Labute approximate surface area is 51.3 Å². The van der Waals surface area contributed by atoms with Crippen molar-refractivity contribution in [2.24, 2.45) is 0 Å². The second-order valence-electron chi connectivity index (χ2n) is 0.837. The molecule has 0 aliphatic rings. The van der Waals surface area contributed by atoms with Gasteiger partial charge in [0.25, 0.3) is 0 Å². The molecule has 0 fully saturated rings. The van der Waals surface area contributed by atoms with Crippen molar-refractivity contribution in [3.8, 4) is 0 Å². The van der Waals surface area contributed by atoms with Crippen LogP contribution in [0.4, 0.5) is 0 Å². The number of carbonyl (C=O) groups is 1. The zero-order valence-corrected chi connectivity index (χ0v) is 6.27. The van der Waals surface area contributed by atoms with Gasteiger partial charge in [0, 0.05) is 0 Å². The Morgan fingerprint density at radius 2 is 2.29 bits per heavy atom. The van der Waals surface area contributed by atoms with E-state index in [1.54, 1.807) is 0 Å². The molecule has 3 nitrogen and oxygen atoms in total. The molecule has 0 saturated heterocycles. The molecule has 0 aromatic carbocycles. The predicted molar refractivity (Wildman–Crippen MR) is 20.7 cm³/mol. The van der Waals surface area contributed by atoms with Gasteiger partial charge in [0.2, 0.25) is 0 Å². The predicted octanol–water partition coefficient (Wildman–Crippen LogP) is -0.746. The molecule has 0 heterocycles. The molecular formula is C3H3NO2W. The molecule has 0 saturated carbocycles. The molecule has 4 heteroatoms. The first-order valence-electron chi connectivity index (χ1n) is 1.45. The molecule has 2 N–H and O–H groups in total. The normalized spacial score (nSPS) is 7.57. The monoisotopic (exact) mass is 269 g/mol. The van der Waals surface area contributed by atoms with E-state index in [0.29, 0.717) is 6.29 Å². The first-order chi connectivity index (χ1) is 3.18. The third-order valence-corrected chi connectivity index (χ3v) is 1.14. The van der Waals surface area contributed by atoms with E-state index in [1.165, 1.54) is 0 Å². The molecule has 0 aromatic heterocycles. The van der Waals surface area contributed by atoms with Crippen LogP contribution >= 0.6 is 0 Å². The van der Waals surface area contributed by atoms with Crippen molar-refractivity contribution in [2.75, 3.05) is 0 Å². The van der Waals surface area contributed by atoms with Crippen LogP contribution in [0.2, 0.25) is 0 Å². The van der Waals surface area contributed by atoms with Crippen LogP contribution in [0, 0.1) is 5.41 Å². The van der Waals surface area contributed by atoms with E-state index < -0.39 is 0 Å². The summed E-state index contributed by atoms with van der Waals surface area (Å²) < 4.78 is -0.157. The summed E-state index contributed by atoms with van der Waals surface area (Å²) in [4.78, 5) is 9.55. The van der Waals surface area contributed by atoms with Gasteiger partial charge in [0.05, 0.1) is 0 Å². The summed E-state index contributed by atoms with van der Waals surface area (Å²) in [6.45, 7) is 0. The molecule has 0 amide bonds. The summed E-state index contributed by atoms with van der Waals surface area (Å²) in [5.41, 5.74) is -0.324. The van der Waals surface area contributed by atoms with Gasteiger partial charge in [-0.15, -0.1) is 0 Å². The number of aldehydes is 1. The van der Waals surface area contributed by atoms with E-state index in [2.05, 4.69) is 0 Å². The summed E-state index contributed by atoms with van der Waals surface area (Å²) in [7, 11) is 0. The topological polar surface area (TPSA) is 61.2 Å². The Balaban J connectivity index is 3.81. The third-order valence-electron chi connectivity index (χ3n) is 0.348. The maximum absolute atomic E-state index is 9.55. The second kappa shape index (κ2) is 2.94. The van der Waals surface area contributed by atoms with E-state index >= 15 is 0 Å². The molecule has 0 aromatic rings. The zero-order valence-electron chi connectivity index (χ0n) is 3.34. The van der Waals surface area contributed by atoms with Crippen LogP contribution in [-0.4, -0.2) is 21.2 Å². The SMILES string of the molecule is N=C(C=O)[C](O)=[W]. The van der Waals surface area contributed by atoms with Gasteiger partial charge in [0.15, 0.2) is 0 Å². The second-order valence-corrected chi connectivity index (χ2v) is 2.23. The van der Waals surface area contributed by atoms with E-state index in [-0.39, 0.29) is 9.80 Å². The molecule has 0 rings (SSSR count). The van der Waals surface area contributed by atoms with Crippen molar-refractivity contribution in [1.82, 2.24) is 0 Å². The zero-order chi connectivity index (χ0) is 5.86. The van der Waals surface area contributed by atoms with Gasteiger partial charge in [0.1, 0.15) is 0 Å². The van der Waals surface area contributed by atoms with Crippen molar-refractivity contribution < 1.29 is 29.3 Å². The van der Waals surface area contributed by atoms with E-state index in [9.17, 15) is 4.79 Å². The number of nitrogens with one attached hydrogen (secondary N) is 1. The minimum atomic E-state index is -0.324. The number of aliphatic hydroxyl groups is 1. The quantitative estimate of drug-likeness (QED) is 0.512. The maximum atomic E-state index is 9.55. The number of carbonyl (C=O) groups excluding carboxylic acids is 1. The molecular weight excluding hydrogens is 266 g/mol. The Morgan fingerprint density at radius 3 is 2.29 bits per heavy atom. The summed E-state index contributed by atoms with van der Waals surface area (Å²) >= 11 is 0.743. The molecule has 0 aliphatic heterocycles. The number of hydrogen-bond acceptors (Lipinski definition) is 3. The molecule has 0 aliphatic carbocycles. The van der Waals surface area contributed by atoms with E-state index in [4.69, 9.17) is 10.5 Å². The summed E-state index contributed by atoms with van der Waals surface area (Å²) in [6.07, 6.45) is 0.308. The van der Waals surface area contributed by atoms with Gasteiger partial charge in [-0.05, 0) is 0 Å². The minimum absolute atomic E-state index is 0.157. The van der Waals surface area contributed by atoms with Gasteiger partial charge >= 0.3 is 50.7 Å². The fourth-order valence-corrected chi connectivity index (χ4v) is 0.223. The fraction of sp³-hybridized carbons (Fsp3) is 0. The van der Waals surface area contributed by atoms with Crippen LogP contribution in [0.5, 0.6) is 0 Å². The molecule has 7 heavy (non-hydrogen) atoms. The van der Waals surface area contributed by atoms with Gasteiger partial charge in [-0.2, -0.15) is 0 Å². The Morgan fingerprint density at radius 1 is 1.86 bits per heavy atom. The van der Waals surface area contributed by atoms with Crippen molar-refractivity contribution >= 4 is 16.1 Å². The Hall–Kier alpha value is -0.142. The van der Waals surface area contributed by atoms with Crippen LogP contribution in [0.3, 0.4) is 0 Å². The van der Waals surface area contributed by atoms with Crippen LogP contribution in [0.15, 0.2) is 0 Å². The van der Waals surface area contributed by atoms with E-state index in [0.717, 1.165) is 19.4 Å². The standard InChI is InChI=1S/C3H3NO2.W/c4-3(1-5)2-6;/h1,4,6H;. The number of rotatable bonds is 2. The molecule has 0 spiro atoms. The Kier molecular flexibility index (Phi) is 2.88. The van der Waals surface area contributed by atoms with Crippen molar-refractivity contribution in [3.05, 3.63) is 0 Å². The van der Waals surface area contributed by atoms with Crippen molar-refractivity contribution in [3.63, 3.8) is 0 Å². The fourth-order valence-electron chi connectivity index (χ4n) is 0.0504. The van der Waals surface area contributed by atoms with Gasteiger partial charge < -0.3 is 0 Å². The van der Waals surface area contributed by atoms with Crippen molar-refractivity contribution in [1.29, 1.82) is 5.41 Å². The summed E-state index contributed by atoms with van der Waals surface area (Å²) in [5.74, 6) is 0. The number of aliphatic hydroxyl groups excluding tert-OH is 1. The van der Waals surface area contributed by atoms with E-state index in [1.807, 2.05) is 0 Å². The Bertz CT molecular complexity index is 120. The third kappa shape index (κ3) is 2.54. The van der Waals surface area contributed by atoms with Gasteiger partial charge in [-0.1, -0.05) is 0 Å². The first-order valence-corrected chi connectivity index (χ1v) is 2.92. The first kappa shape index (κ1) is 6.86. The van der Waals surface area contributed by atoms with Crippen LogP contribution in [-0.2, 0) is 24.1 Å². The molecule has 0 radical (unpaired) electrons. The number of hydrogen-bond donors (Lipinski definition) is 2. The van der Waals surface area contributed by atoms with Gasteiger partial charge in [-0.25, -0.2) is 0 Å². The molecule has 0 unspecified atom stereocenters. The molecule has 38 valence electrons. The average Bonchev–Trinajstić information content (AvgIpc) is 1.65. The van der Waals surface area contributed by atoms with Gasteiger partial charge in [-0.3, -0.25) is 0 Å². The van der Waals surface area contributed by atoms with Crippen LogP contribution in [0.25, 0.3) is 0 Å².